The fourth-order valence-electron chi connectivity index (χ4n) is 2.50. The Morgan fingerprint density at radius 1 is 0.962 bits per heavy atom. The third-order valence-corrected chi connectivity index (χ3v) is 4.36. The van der Waals surface area contributed by atoms with Crippen molar-refractivity contribution in [3.8, 4) is 23.0 Å². The van der Waals surface area contributed by atoms with Crippen molar-refractivity contribution in [2.45, 2.75) is 0 Å². The van der Waals surface area contributed by atoms with Crippen molar-refractivity contribution < 1.29 is 14.6 Å². The first-order valence-electron chi connectivity index (χ1n) is 7.81. The number of rotatable bonds is 3. The van der Waals surface area contributed by atoms with Crippen LogP contribution in [0.5, 0.6) is 11.5 Å². The standard InChI is InChI=1S/C20H13BrN2O3/c21-14-4-1-12(2-5-14)20-23-17-9-15(6-8-19(17)26-20)22-11-13-3-7-16(24)10-18(13)25/h1-11,24-25H. The number of aliphatic imine (C=N–C) groups is 1. The van der Waals surface area contributed by atoms with Crippen molar-refractivity contribution in [1.82, 2.24) is 4.98 Å². The summed E-state index contributed by atoms with van der Waals surface area (Å²) in [4.78, 5) is 8.88. The zero-order chi connectivity index (χ0) is 18.1. The van der Waals surface area contributed by atoms with E-state index in [1.165, 1.54) is 18.3 Å². The van der Waals surface area contributed by atoms with Gasteiger partial charge in [-0.2, -0.15) is 0 Å². The molecule has 0 aliphatic heterocycles. The molecule has 0 fully saturated rings. The Bertz CT molecular complexity index is 1120. The topological polar surface area (TPSA) is 78.9 Å². The van der Waals surface area contributed by atoms with Crippen LogP contribution < -0.4 is 0 Å². The lowest BCUT2D eigenvalue weighted by Crippen LogP contribution is -1.81. The van der Waals surface area contributed by atoms with E-state index in [4.69, 9.17) is 4.42 Å². The number of aromatic hydroxyl groups is 2. The number of hydrogen-bond donors (Lipinski definition) is 2. The van der Waals surface area contributed by atoms with Gasteiger partial charge in [-0.25, -0.2) is 4.98 Å². The van der Waals surface area contributed by atoms with Gasteiger partial charge >= 0.3 is 0 Å². The van der Waals surface area contributed by atoms with Gasteiger partial charge in [-0.15, -0.1) is 0 Å². The van der Waals surface area contributed by atoms with Crippen molar-refractivity contribution in [2.24, 2.45) is 4.99 Å². The van der Waals surface area contributed by atoms with E-state index < -0.39 is 0 Å². The van der Waals surface area contributed by atoms with Gasteiger partial charge in [0.15, 0.2) is 5.58 Å². The molecular formula is C20H13BrN2O3. The maximum absolute atomic E-state index is 9.81. The number of halogens is 1. The minimum atomic E-state index is -0.0335. The van der Waals surface area contributed by atoms with Gasteiger partial charge in [0.2, 0.25) is 5.89 Å². The number of phenols is 2. The highest BCUT2D eigenvalue weighted by Crippen LogP contribution is 2.28. The normalized spacial score (nSPS) is 11.4. The Morgan fingerprint density at radius 2 is 1.77 bits per heavy atom. The molecule has 6 heteroatoms. The van der Waals surface area contributed by atoms with Crippen LogP contribution in [0.4, 0.5) is 5.69 Å². The smallest absolute Gasteiger partial charge is 0.227 e. The molecule has 1 heterocycles. The summed E-state index contributed by atoms with van der Waals surface area (Å²) in [6, 6.07) is 17.5. The van der Waals surface area contributed by atoms with Gasteiger partial charge in [0, 0.05) is 27.9 Å². The first-order chi connectivity index (χ1) is 12.6. The molecule has 0 aliphatic rings. The van der Waals surface area contributed by atoms with Crippen LogP contribution in [0.2, 0.25) is 0 Å². The minimum absolute atomic E-state index is 0.00383. The van der Waals surface area contributed by atoms with E-state index in [1.807, 2.05) is 42.5 Å². The van der Waals surface area contributed by atoms with E-state index in [0.29, 0.717) is 28.2 Å². The van der Waals surface area contributed by atoms with Gasteiger partial charge in [-0.1, -0.05) is 15.9 Å². The Balaban J connectivity index is 1.65. The largest absolute Gasteiger partial charge is 0.508 e. The van der Waals surface area contributed by atoms with E-state index in [0.717, 1.165) is 10.0 Å². The average molecular weight is 409 g/mol. The number of oxazole rings is 1. The molecule has 0 saturated carbocycles. The van der Waals surface area contributed by atoms with E-state index >= 15 is 0 Å². The predicted octanol–water partition coefficient (Wildman–Crippen LogP) is 5.42. The fourth-order valence-corrected chi connectivity index (χ4v) is 2.76. The molecule has 0 aliphatic carbocycles. The summed E-state index contributed by atoms with van der Waals surface area (Å²) in [6.45, 7) is 0. The second-order valence-electron chi connectivity index (χ2n) is 5.68. The van der Waals surface area contributed by atoms with Crippen LogP contribution in [0, 0.1) is 0 Å². The lowest BCUT2D eigenvalue weighted by Gasteiger charge is -1.99. The maximum Gasteiger partial charge on any atom is 0.227 e. The van der Waals surface area contributed by atoms with Crippen LogP contribution in [0.15, 0.2) is 74.5 Å². The molecule has 0 radical (unpaired) electrons. The first-order valence-corrected chi connectivity index (χ1v) is 8.60. The molecule has 0 unspecified atom stereocenters. The zero-order valence-corrected chi connectivity index (χ0v) is 15.0. The van der Waals surface area contributed by atoms with Crippen molar-refractivity contribution in [2.75, 3.05) is 0 Å². The van der Waals surface area contributed by atoms with E-state index in [2.05, 4.69) is 25.9 Å². The molecule has 2 N–H and O–H groups in total. The molecule has 4 rings (SSSR count). The van der Waals surface area contributed by atoms with Crippen LogP contribution in [-0.4, -0.2) is 21.4 Å². The van der Waals surface area contributed by atoms with Crippen LogP contribution in [-0.2, 0) is 0 Å². The second kappa shape index (κ2) is 6.65. The molecule has 0 saturated heterocycles. The van der Waals surface area contributed by atoms with Crippen molar-refractivity contribution in [1.29, 1.82) is 0 Å². The third kappa shape index (κ3) is 3.32. The molecule has 26 heavy (non-hydrogen) atoms. The summed E-state index contributed by atoms with van der Waals surface area (Å²) in [6.07, 6.45) is 1.53. The lowest BCUT2D eigenvalue weighted by molar-refractivity contribution is 0.450. The number of fused-ring (bicyclic) bond motifs is 1. The maximum atomic E-state index is 9.81. The van der Waals surface area contributed by atoms with Crippen LogP contribution in [0.1, 0.15) is 5.56 Å². The molecule has 5 nitrogen and oxygen atoms in total. The number of phenolic OH excluding ortho intramolecular Hbond substituents is 2. The Labute approximate surface area is 157 Å². The summed E-state index contributed by atoms with van der Waals surface area (Å²) in [5.74, 6) is 0.516. The third-order valence-electron chi connectivity index (χ3n) is 3.83. The molecule has 0 atom stereocenters. The summed E-state index contributed by atoms with van der Waals surface area (Å²) < 4.78 is 6.79. The van der Waals surface area contributed by atoms with Gasteiger partial charge in [0.25, 0.3) is 0 Å². The van der Waals surface area contributed by atoms with Crippen molar-refractivity contribution in [3.05, 3.63) is 70.7 Å². The quantitative estimate of drug-likeness (QED) is 0.443. The van der Waals surface area contributed by atoms with Gasteiger partial charge < -0.3 is 14.6 Å². The molecule has 0 spiro atoms. The number of benzene rings is 3. The van der Waals surface area contributed by atoms with Crippen LogP contribution in [0.25, 0.3) is 22.6 Å². The summed E-state index contributed by atoms with van der Waals surface area (Å²) in [5.41, 5.74) is 3.46. The molecule has 128 valence electrons. The second-order valence-corrected chi connectivity index (χ2v) is 6.59. The molecule has 0 amide bonds. The minimum Gasteiger partial charge on any atom is -0.508 e. The van der Waals surface area contributed by atoms with Crippen molar-refractivity contribution >= 4 is 38.9 Å². The highest BCUT2D eigenvalue weighted by atomic mass is 79.9. The Hall–Kier alpha value is -3.12. The number of nitrogens with zero attached hydrogens (tertiary/aromatic N) is 2. The lowest BCUT2D eigenvalue weighted by atomic mass is 10.2. The van der Waals surface area contributed by atoms with Crippen molar-refractivity contribution in [3.63, 3.8) is 0 Å². The Morgan fingerprint density at radius 3 is 2.54 bits per heavy atom. The predicted molar refractivity (Wildman–Crippen MR) is 104 cm³/mol. The molecule has 1 aromatic heterocycles. The summed E-state index contributed by atoms with van der Waals surface area (Å²) >= 11 is 3.41. The van der Waals surface area contributed by atoms with Gasteiger partial charge in [-0.05, 0) is 54.6 Å². The monoisotopic (exact) mass is 408 g/mol. The fraction of sp³-hybridized carbons (Fsp3) is 0. The number of aromatic nitrogens is 1. The molecule has 4 aromatic rings. The summed E-state index contributed by atoms with van der Waals surface area (Å²) in [7, 11) is 0. The molecule has 0 bridgehead atoms. The van der Waals surface area contributed by atoms with Gasteiger partial charge in [-0.3, -0.25) is 4.99 Å². The van der Waals surface area contributed by atoms with Gasteiger partial charge in [0.1, 0.15) is 17.0 Å². The van der Waals surface area contributed by atoms with E-state index in [9.17, 15) is 10.2 Å². The highest BCUT2D eigenvalue weighted by molar-refractivity contribution is 9.10. The summed E-state index contributed by atoms with van der Waals surface area (Å²) in [5, 5.41) is 19.1. The van der Waals surface area contributed by atoms with E-state index in [-0.39, 0.29) is 11.5 Å². The SMILES string of the molecule is Oc1ccc(C=Nc2ccc3oc(-c4ccc(Br)cc4)nc3c2)c(O)c1. The van der Waals surface area contributed by atoms with Crippen LogP contribution in [0.3, 0.4) is 0 Å². The highest BCUT2D eigenvalue weighted by Gasteiger charge is 2.08. The molecular weight excluding hydrogens is 396 g/mol. The Kier molecular flexibility index (Phi) is 4.18. The van der Waals surface area contributed by atoms with E-state index in [1.54, 1.807) is 6.07 Å². The average Bonchev–Trinajstić information content (AvgIpc) is 3.05. The van der Waals surface area contributed by atoms with Crippen LogP contribution >= 0.6 is 15.9 Å². The number of hydrogen-bond acceptors (Lipinski definition) is 5. The van der Waals surface area contributed by atoms with Gasteiger partial charge in [0.05, 0.1) is 5.69 Å². The first kappa shape index (κ1) is 16.4. The molecule has 3 aromatic carbocycles. The zero-order valence-electron chi connectivity index (χ0n) is 13.4.